The van der Waals surface area contributed by atoms with Crippen molar-refractivity contribution in [2.45, 2.75) is 77.7 Å². The van der Waals surface area contributed by atoms with Gasteiger partial charge < -0.3 is 10.8 Å². The fourth-order valence-electron chi connectivity index (χ4n) is 7.40. The van der Waals surface area contributed by atoms with Crippen LogP contribution in [-0.4, -0.2) is 16.5 Å². The van der Waals surface area contributed by atoms with Crippen molar-refractivity contribution in [3.05, 3.63) is 11.8 Å². The van der Waals surface area contributed by atoms with Crippen molar-refractivity contribution in [3.63, 3.8) is 0 Å². The molecule has 4 fully saturated rings. The largest absolute Gasteiger partial charge is 0.404 e. The van der Waals surface area contributed by atoms with Crippen molar-refractivity contribution < 1.29 is 9.90 Å². The Bertz CT molecular complexity index is 595. The molecule has 7 atom stereocenters. The van der Waals surface area contributed by atoms with Gasteiger partial charge in [-0.1, -0.05) is 13.8 Å². The van der Waals surface area contributed by atoms with E-state index in [9.17, 15) is 9.90 Å². The smallest absolute Gasteiger partial charge is 0.160 e. The first-order valence-corrected chi connectivity index (χ1v) is 9.89. The first-order valence-electron chi connectivity index (χ1n) is 9.89. The maximum atomic E-state index is 12.3. The van der Waals surface area contributed by atoms with Gasteiger partial charge in [0.05, 0.1) is 5.60 Å². The Morgan fingerprint density at radius 1 is 1.08 bits per heavy atom. The van der Waals surface area contributed by atoms with Crippen molar-refractivity contribution in [2.24, 2.45) is 40.2 Å². The number of Topliss-reactive ketones (excluding diaryl/α,β-unsaturated/α-hetero) is 1. The molecule has 0 aliphatic heterocycles. The molecule has 0 aromatic carbocycles. The van der Waals surface area contributed by atoms with E-state index >= 15 is 0 Å². The summed E-state index contributed by atoms with van der Waals surface area (Å²) in [5.41, 5.74) is 6.42. The summed E-state index contributed by atoms with van der Waals surface area (Å²) >= 11 is 0. The molecule has 3 nitrogen and oxygen atoms in total. The van der Waals surface area contributed by atoms with Crippen LogP contribution in [0.1, 0.15) is 72.1 Å². The van der Waals surface area contributed by atoms with Gasteiger partial charge in [0, 0.05) is 18.2 Å². The minimum atomic E-state index is -0.509. The molecule has 4 rings (SSSR count). The number of allylic oxidation sites excluding steroid dienone is 1. The minimum Gasteiger partial charge on any atom is -0.404 e. The number of carbonyl (C=O) groups excluding carboxylic acids is 1. The molecule has 0 aromatic rings. The highest BCUT2D eigenvalue weighted by Gasteiger charge is 2.63. The Balaban J connectivity index is 1.67. The molecule has 0 bridgehead atoms. The number of ketones is 1. The van der Waals surface area contributed by atoms with Gasteiger partial charge in [-0.05, 0) is 86.4 Å². The Hall–Kier alpha value is -0.830. The van der Waals surface area contributed by atoms with E-state index in [0.717, 1.165) is 24.8 Å². The molecule has 134 valence electrons. The first-order chi connectivity index (χ1) is 11.2. The molecule has 0 spiro atoms. The zero-order valence-corrected chi connectivity index (χ0v) is 15.5. The van der Waals surface area contributed by atoms with Crippen LogP contribution in [0, 0.1) is 34.5 Å². The molecule has 0 saturated heterocycles. The van der Waals surface area contributed by atoms with E-state index in [-0.39, 0.29) is 16.6 Å². The van der Waals surface area contributed by atoms with E-state index in [1.54, 1.807) is 6.20 Å². The zero-order chi connectivity index (χ0) is 17.3. The summed E-state index contributed by atoms with van der Waals surface area (Å²) in [7, 11) is 0. The zero-order valence-electron chi connectivity index (χ0n) is 15.5. The van der Waals surface area contributed by atoms with Gasteiger partial charge in [-0.15, -0.1) is 0 Å². The fourth-order valence-corrected chi connectivity index (χ4v) is 7.40. The summed E-state index contributed by atoms with van der Waals surface area (Å²) in [6.45, 7) is 6.83. The molecule has 0 amide bonds. The lowest BCUT2D eigenvalue weighted by Gasteiger charge is -2.61. The number of carbonyl (C=O) groups is 1. The van der Waals surface area contributed by atoms with E-state index in [1.165, 1.54) is 25.7 Å². The molecule has 0 aromatic heterocycles. The van der Waals surface area contributed by atoms with Gasteiger partial charge in [-0.2, -0.15) is 0 Å². The molecule has 3 N–H and O–H groups in total. The maximum Gasteiger partial charge on any atom is 0.160 e. The van der Waals surface area contributed by atoms with E-state index in [2.05, 4.69) is 20.8 Å². The molecule has 4 aliphatic carbocycles. The molecule has 24 heavy (non-hydrogen) atoms. The Labute approximate surface area is 146 Å². The SMILES string of the molecule is C[C@]1(O)CCC2C3CC[C@H]4CC(=O)/C(=C/N)C[C@]4(C)C3CC[C@@]21C. The molecular formula is C21H33NO2. The van der Waals surface area contributed by atoms with Crippen LogP contribution in [0.5, 0.6) is 0 Å². The Kier molecular flexibility index (Phi) is 3.53. The van der Waals surface area contributed by atoms with Gasteiger partial charge in [0.25, 0.3) is 0 Å². The molecule has 0 heterocycles. The number of hydrogen-bond acceptors (Lipinski definition) is 3. The van der Waals surface area contributed by atoms with Gasteiger partial charge in [-0.3, -0.25) is 4.79 Å². The third-order valence-electron chi connectivity index (χ3n) is 9.19. The fraction of sp³-hybridized carbons (Fsp3) is 0.857. The van der Waals surface area contributed by atoms with Gasteiger partial charge in [0.2, 0.25) is 0 Å². The summed E-state index contributed by atoms with van der Waals surface area (Å²) in [6.07, 6.45) is 10.0. The standard InChI is InChI=1S/C21H33NO2/c1-19-11-13(12-22)18(23)10-14(19)4-5-15-16(19)6-8-20(2)17(15)7-9-21(20,3)24/h12,14-17,24H,4-11,22H2,1-3H3/b13-12+/t14-,15?,16?,17?,19-,20-,21-/m0/s1. The van der Waals surface area contributed by atoms with Crippen molar-refractivity contribution in [1.29, 1.82) is 0 Å². The lowest BCUT2D eigenvalue weighted by molar-refractivity contribution is -0.147. The Morgan fingerprint density at radius 3 is 2.50 bits per heavy atom. The predicted octanol–water partition coefficient (Wildman–Crippen LogP) is 3.80. The van der Waals surface area contributed by atoms with Crippen LogP contribution in [0.15, 0.2) is 11.8 Å². The van der Waals surface area contributed by atoms with Crippen LogP contribution in [0.2, 0.25) is 0 Å². The van der Waals surface area contributed by atoms with E-state index in [0.29, 0.717) is 30.1 Å². The van der Waals surface area contributed by atoms with Crippen LogP contribution in [-0.2, 0) is 4.79 Å². The molecule has 3 unspecified atom stereocenters. The normalized spacial score (nSPS) is 55.8. The third-order valence-corrected chi connectivity index (χ3v) is 9.19. The summed E-state index contributed by atoms with van der Waals surface area (Å²) in [5, 5.41) is 11.0. The van der Waals surface area contributed by atoms with Crippen molar-refractivity contribution in [2.75, 3.05) is 0 Å². The van der Waals surface area contributed by atoms with Crippen LogP contribution in [0.25, 0.3) is 0 Å². The van der Waals surface area contributed by atoms with Crippen molar-refractivity contribution in [3.8, 4) is 0 Å². The summed E-state index contributed by atoms with van der Waals surface area (Å²) < 4.78 is 0. The highest BCUT2D eigenvalue weighted by atomic mass is 16.3. The average Bonchev–Trinajstić information content (AvgIpc) is 2.77. The van der Waals surface area contributed by atoms with Crippen LogP contribution in [0.3, 0.4) is 0 Å². The summed E-state index contributed by atoms with van der Waals surface area (Å²) in [4.78, 5) is 12.3. The van der Waals surface area contributed by atoms with Crippen LogP contribution >= 0.6 is 0 Å². The second kappa shape index (κ2) is 5.09. The third kappa shape index (κ3) is 1.97. The van der Waals surface area contributed by atoms with Crippen molar-refractivity contribution >= 4 is 5.78 Å². The van der Waals surface area contributed by atoms with Crippen LogP contribution < -0.4 is 5.73 Å². The van der Waals surface area contributed by atoms with Gasteiger partial charge in [-0.25, -0.2) is 0 Å². The number of aliphatic hydroxyl groups is 1. The Morgan fingerprint density at radius 2 is 1.79 bits per heavy atom. The molecule has 4 aliphatic rings. The van der Waals surface area contributed by atoms with Crippen LogP contribution in [0.4, 0.5) is 0 Å². The monoisotopic (exact) mass is 331 g/mol. The summed E-state index contributed by atoms with van der Waals surface area (Å²) in [6, 6.07) is 0. The molecular weight excluding hydrogens is 298 g/mol. The number of hydrogen-bond donors (Lipinski definition) is 2. The minimum absolute atomic E-state index is 0.0778. The lowest BCUT2D eigenvalue weighted by Crippen LogP contribution is -2.56. The van der Waals surface area contributed by atoms with E-state index in [1.807, 2.05) is 0 Å². The first kappa shape index (κ1) is 16.6. The second-order valence-electron chi connectivity index (χ2n) is 9.92. The molecule has 0 radical (unpaired) electrons. The average molecular weight is 332 g/mol. The maximum absolute atomic E-state index is 12.3. The highest BCUT2D eigenvalue weighted by Crippen LogP contribution is 2.68. The van der Waals surface area contributed by atoms with Gasteiger partial charge >= 0.3 is 0 Å². The number of rotatable bonds is 0. The molecule has 4 saturated carbocycles. The second-order valence-corrected chi connectivity index (χ2v) is 9.92. The predicted molar refractivity (Wildman–Crippen MR) is 95.0 cm³/mol. The number of fused-ring (bicyclic) bond motifs is 5. The van der Waals surface area contributed by atoms with Crippen molar-refractivity contribution in [1.82, 2.24) is 0 Å². The molecule has 3 heteroatoms. The van der Waals surface area contributed by atoms with E-state index in [4.69, 9.17) is 5.73 Å². The van der Waals surface area contributed by atoms with Gasteiger partial charge in [0.1, 0.15) is 0 Å². The topological polar surface area (TPSA) is 63.3 Å². The highest BCUT2D eigenvalue weighted by molar-refractivity contribution is 5.96. The lowest BCUT2D eigenvalue weighted by atomic mass is 9.44. The number of nitrogens with two attached hydrogens (primary N) is 1. The van der Waals surface area contributed by atoms with E-state index < -0.39 is 5.60 Å². The van der Waals surface area contributed by atoms with Gasteiger partial charge in [0.15, 0.2) is 5.78 Å². The quantitative estimate of drug-likeness (QED) is 0.664. The summed E-state index contributed by atoms with van der Waals surface area (Å²) in [5.74, 6) is 2.86.